The van der Waals surface area contributed by atoms with Crippen molar-refractivity contribution in [3.63, 3.8) is 0 Å². The van der Waals surface area contributed by atoms with Crippen LogP contribution in [0.3, 0.4) is 0 Å². The molecule has 0 bridgehead atoms. The van der Waals surface area contributed by atoms with E-state index >= 15 is 0 Å². The van der Waals surface area contributed by atoms with Crippen molar-refractivity contribution >= 4 is 23.3 Å². The van der Waals surface area contributed by atoms with E-state index in [1.54, 1.807) is 27.7 Å². The first-order chi connectivity index (χ1) is 27.0. The third-order valence-corrected chi connectivity index (χ3v) is 11.9. The van der Waals surface area contributed by atoms with Crippen molar-refractivity contribution in [2.24, 2.45) is 0 Å². The Morgan fingerprint density at radius 1 is 0.825 bits per heavy atom. The minimum atomic E-state index is -1.85. The summed E-state index contributed by atoms with van der Waals surface area (Å²) < 4.78 is 41.3. The molecule has 2 aromatic rings. The Morgan fingerprint density at radius 2 is 1.39 bits per heavy atom. The number of aromatic hydroxyl groups is 3. The molecule has 3 heterocycles. The monoisotopic (exact) mass is 800 g/mol. The van der Waals surface area contributed by atoms with Crippen LogP contribution in [-0.2, 0) is 42.7 Å². The Kier molecular flexibility index (Phi) is 11.3. The topological polar surface area (TPSA) is 254 Å². The van der Waals surface area contributed by atoms with E-state index in [0.29, 0.717) is 12.8 Å². The molecule has 5 aliphatic rings. The number of methoxy groups -OCH3 is 1. The van der Waals surface area contributed by atoms with E-state index < -0.39 is 131 Å². The van der Waals surface area contributed by atoms with Gasteiger partial charge in [0.1, 0.15) is 41.5 Å². The highest BCUT2D eigenvalue weighted by molar-refractivity contribution is 6.31. The molecule has 6 N–H and O–H groups in total. The summed E-state index contributed by atoms with van der Waals surface area (Å²) in [4.78, 5) is 52.8. The summed E-state index contributed by atoms with van der Waals surface area (Å²) in [5, 5.41) is 67.3. The number of carbonyl (C=O) groups is 4. The molecule has 2 aliphatic carbocycles. The van der Waals surface area contributed by atoms with Crippen molar-refractivity contribution < 1.29 is 83.0 Å². The molecule has 17 nitrogen and oxygen atoms in total. The molecule has 0 amide bonds. The Bertz CT molecular complexity index is 1920. The van der Waals surface area contributed by atoms with Crippen molar-refractivity contribution in [1.82, 2.24) is 0 Å². The summed E-state index contributed by atoms with van der Waals surface area (Å²) in [5.74, 6) is -6.15. The van der Waals surface area contributed by atoms with Gasteiger partial charge in [-0.25, -0.2) is 0 Å². The fourth-order valence-corrected chi connectivity index (χ4v) is 8.83. The first kappa shape index (κ1) is 41.1. The lowest BCUT2D eigenvalue weighted by molar-refractivity contribution is -0.330. The number of phenolic OH excluding ortho intramolecular Hbond substituents is 3. The number of aliphatic hydroxyl groups excluding tert-OH is 2. The number of hydrogen-bond acceptors (Lipinski definition) is 17. The molecular weight excluding hydrogens is 752 g/mol. The summed E-state index contributed by atoms with van der Waals surface area (Å²) in [7, 11) is 1.12. The first-order valence-electron chi connectivity index (χ1n) is 19.1. The quantitative estimate of drug-likeness (QED) is 0.141. The van der Waals surface area contributed by atoms with E-state index in [2.05, 4.69) is 0 Å². The standard InChI is InChI=1S/C40H48O17/c1-6-40(50)14-25(29-18(33(40)39(49)51-5)11-19-30(35(29)47)36(48)32-22(43)8-7-21(42)31(32)34(19)46)55-27-12-23(44)38(17(4)53-27)57-28-13-24(45)37(16(3)54-28)56-26-10-9-20(41)15(2)52-26/h7-8,11,15-17,23-28,33,37-38,42-45,47,50H,6,9-10,12-14H2,1-5H3/t15-,16+,17+,23+,24-,25-,26+,27+,28-,33+,37-,38-,40-/m1/s1. The molecule has 7 rings (SSSR count). The van der Waals surface area contributed by atoms with Crippen molar-refractivity contribution in [3.05, 3.63) is 51.6 Å². The number of aliphatic hydroxyl groups is 3. The van der Waals surface area contributed by atoms with Crippen molar-refractivity contribution in [2.75, 3.05) is 7.11 Å². The Morgan fingerprint density at radius 3 is 1.93 bits per heavy atom. The van der Waals surface area contributed by atoms with Gasteiger partial charge in [0.25, 0.3) is 0 Å². The minimum absolute atomic E-state index is 0.00537. The lowest BCUT2D eigenvalue weighted by Crippen LogP contribution is -2.55. The van der Waals surface area contributed by atoms with Crippen molar-refractivity contribution in [3.8, 4) is 17.2 Å². The predicted molar refractivity (Wildman–Crippen MR) is 191 cm³/mol. The summed E-state index contributed by atoms with van der Waals surface area (Å²) in [6.45, 7) is 6.60. The number of rotatable bonds is 8. The fourth-order valence-electron chi connectivity index (χ4n) is 8.83. The number of fused-ring (bicyclic) bond motifs is 3. The first-order valence-corrected chi connectivity index (χ1v) is 19.1. The van der Waals surface area contributed by atoms with E-state index in [0.717, 1.165) is 19.2 Å². The number of esters is 1. The highest BCUT2D eigenvalue weighted by Gasteiger charge is 2.53. The zero-order valence-electron chi connectivity index (χ0n) is 32.1. The van der Waals surface area contributed by atoms with Crippen LogP contribution >= 0.6 is 0 Å². The third-order valence-electron chi connectivity index (χ3n) is 11.9. The second-order valence-electron chi connectivity index (χ2n) is 15.5. The summed E-state index contributed by atoms with van der Waals surface area (Å²) >= 11 is 0. The highest BCUT2D eigenvalue weighted by atomic mass is 16.7. The molecule has 0 radical (unpaired) electrons. The van der Waals surface area contributed by atoms with E-state index in [9.17, 15) is 49.8 Å². The van der Waals surface area contributed by atoms with Crippen LogP contribution < -0.4 is 0 Å². The maximum Gasteiger partial charge on any atom is 0.316 e. The number of carbonyl (C=O) groups excluding carboxylic acids is 4. The van der Waals surface area contributed by atoms with Gasteiger partial charge in [-0.05, 0) is 51.0 Å². The van der Waals surface area contributed by atoms with Gasteiger partial charge in [0.05, 0.1) is 59.9 Å². The third kappa shape index (κ3) is 7.23. The Balaban J connectivity index is 1.11. The molecule has 3 saturated heterocycles. The van der Waals surface area contributed by atoms with Gasteiger partial charge in [-0.3, -0.25) is 19.2 Å². The maximum atomic E-state index is 13.9. The number of ether oxygens (including phenoxy) is 7. The largest absolute Gasteiger partial charge is 0.507 e. The number of benzene rings is 2. The van der Waals surface area contributed by atoms with Crippen LogP contribution in [0.2, 0.25) is 0 Å². The van der Waals surface area contributed by atoms with Crippen molar-refractivity contribution in [2.45, 2.75) is 145 Å². The molecule has 13 atom stereocenters. The van der Waals surface area contributed by atoms with Gasteiger partial charge < -0.3 is 63.8 Å². The zero-order valence-corrected chi connectivity index (χ0v) is 32.1. The van der Waals surface area contributed by atoms with Crippen LogP contribution in [-0.4, -0.2) is 128 Å². The van der Waals surface area contributed by atoms with Gasteiger partial charge in [-0.15, -0.1) is 0 Å². The van der Waals surface area contributed by atoms with Crippen LogP contribution in [0.5, 0.6) is 17.2 Å². The van der Waals surface area contributed by atoms with Gasteiger partial charge >= 0.3 is 5.97 Å². The Hall–Kier alpha value is -4.04. The van der Waals surface area contributed by atoms with Gasteiger partial charge in [0, 0.05) is 43.2 Å². The average molecular weight is 801 g/mol. The highest BCUT2D eigenvalue weighted by Crippen LogP contribution is 2.54. The van der Waals surface area contributed by atoms with Crippen molar-refractivity contribution in [1.29, 1.82) is 0 Å². The van der Waals surface area contributed by atoms with Gasteiger partial charge in [0.2, 0.25) is 5.78 Å². The number of phenols is 3. The average Bonchev–Trinajstić information content (AvgIpc) is 3.15. The molecule has 0 unspecified atom stereocenters. The molecule has 57 heavy (non-hydrogen) atoms. The summed E-state index contributed by atoms with van der Waals surface area (Å²) in [6.07, 6.45) is -10.0. The minimum Gasteiger partial charge on any atom is -0.507 e. The maximum absolute atomic E-state index is 13.9. The fraction of sp³-hybridized carbons (Fsp3) is 0.600. The van der Waals surface area contributed by atoms with Gasteiger partial charge in [-0.2, -0.15) is 0 Å². The van der Waals surface area contributed by atoms with E-state index in [-0.39, 0.29) is 48.2 Å². The molecule has 0 aromatic heterocycles. The number of ketones is 3. The molecule has 0 spiro atoms. The van der Waals surface area contributed by atoms with Crippen LogP contribution in [0.1, 0.15) is 121 Å². The molecule has 3 fully saturated rings. The van der Waals surface area contributed by atoms with Crippen LogP contribution in [0.15, 0.2) is 18.2 Å². The molecular formula is C40H48O17. The smallest absolute Gasteiger partial charge is 0.316 e. The lowest BCUT2D eigenvalue weighted by atomic mass is 9.67. The normalized spacial score (nSPS) is 36.6. The van der Waals surface area contributed by atoms with Gasteiger partial charge in [0.15, 0.2) is 30.4 Å². The summed E-state index contributed by atoms with van der Waals surface area (Å²) in [5.41, 5.74) is -3.88. The molecule has 0 saturated carbocycles. The second-order valence-corrected chi connectivity index (χ2v) is 15.5. The lowest BCUT2D eigenvalue weighted by Gasteiger charge is -2.46. The van der Waals surface area contributed by atoms with Crippen LogP contribution in [0, 0.1) is 0 Å². The number of Topliss-reactive ketones (excluding diaryl/α,β-unsaturated/α-hetero) is 1. The van der Waals surface area contributed by atoms with Gasteiger partial charge in [-0.1, -0.05) is 6.92 Å². The molecule has 17 heteroatoms. The van der Waals surface area contributed by atoms with Crippen LogP contribution in [0.4, 0.5) is 0 Å². The SMILES string of the molecule is CC[C@@]1(O)C[C@@H](O[C@H]2C[C@H](O)[C@H](O[C@@H]3C[C@@H](O)[C@H](O[C@H]4CCC(=O)[C@@H](C)O4)[C@H](C)O3)[C@H](C)O2)c2c(cc3c(c2O)C(=O)c2c(O)ccc(O)c2C3=O)[C@H]1C(=O)OC. The number of hydrogen-bond donors (Lipinski definition) is 6. The molecule has 310 valence electrons. The summed E-state index contributed by atoms with van der Waals surface area (Å²) in [6, 6.07) is 3.28. The predicted octanol–water partition coefficient (Wildman–Crippen LogP) is 2.29. The molecule has 3 aliphatic heterocycles. The Labute approximate surface area is 327 Å². The van der Waals surface area contributed by atoms with E-state index in [1.165, 1.54) is 6.07 Å². The van der Waals surface area contributed by atoms with E-state index in [1.807, 2.05) is 0 Å². The zero-order chi connectivity index (χ0) is 41.2. The van der Waals surface area contributed by atoms with Crippen LogP contribution in [0.25, 0.3) is 0 Å². The second kappa shape index (κ2) is 15.6. The van der Waals surface area contributed by atoms with E-state index in [4.69, 9.17) is 33.2 Å². The molecule has 2 aromatic carbocycles.